The molecule has 0 radical (unpaired) electrons. The molecule has 1 aliphatic heterocycles. The van der Waals surface area contributed by atoms with E-state index in [2.05, 4.69) is 22.6 Å². The molecule has 13 heteroatoms. The van der Waals surface area contributed by atoms with Gasteiger partial charge in [0.1, 0.15) is 23.9 Å². The quantitative estimate of drug-likeness (QED) is 0.198. The van der Waals surface area contributed by atoms with Crippen LogP contribution < -0.4 is 4.90 Å². The fourth-order valence-electron chi connectivity index (χ4n) is 4.51. The zero-order chi connectivity index (χ0) is 28.6. The van der Waals surface area contributed by atoms with Crippen molar-refractivity contribution in [1.29, 1.82) is 0 Å². The lowest BCUT2D eigenvalue weighted by atomic mass is 10.1. The van der Waals surface area contributed by atoms with Gasteiger partial charge < -0.3 is 14.2 Å². The van der Waals surface area contributed by atoms with E-state index in [4.69, 9.17) is 21.3 Å². The standard InChI is InChI=1S/C27H27ClF3N6O2S/c1-17-14-36(18-7-8-20(21(28)12-18)27(29,30)31)26(38)24-19(13-33-37(17)24)23-15-35(16-39-10-11-40(2)3)25(34-23)22-6-4-5-9-32-22/h4-9,12-13,15,17H,10-11,14,16H2,1-3H3/q+1/t17-/m0/s1. The molecule has 4 heterocycles. The summed E-state index contributed by atoms with van der Waals surface area (Å²) in [5.74, 6) is 1.10. The molecule has 1 aliphatic rings. The van der Waals surface area contributed by atoms with E-state index in [0.717, 1.165) is 11.8 Å². The number of anilines is 1. The summed E-state index contributed by atoms with van der Waals surface area (Å²) < 4.78 is 49.1. The zero-order valence-electron chi connectivity index (χ0n) is 22.0. The first-order valence-corrected chi connectivity index (χ1v) is 15.0. The summed E-state index contributed by atoms with van der Waals surface area (Å²) in [6.07, 6.45) is 4.77. The van der Waals surface area contributed by atoms with Crippen molar-refractivity contribution < 1.29 is 22.7 Å². The monoisotopic (exact) mass is 591 g/mol. The lowest BCUT2D eigenvalue weighted by molar-refractivity contribution is -0.137. The van der Waals surface area contributed by atoms with Crippen LogP contribution in [0.3, 0.4) is 0 Å². The fourth-order valence-corrected chi connectivity index (χ4v) is 5.24. The van der Waals surface area contributed by atoms with Gasteiger partial charge in [0.25, 0.3) is 5.91 Å². The van der Waals surface area contributed by atoms with Gasteiger partial charge in [0.15, 0.2) is 5.82 Å². The molecule has 0 spiro atoms. The minimum absolute atomic E-state index is 0.215. The Kier molecular flexibility index (Phi) is 7.94. The smallest absolute Gasteiger partial charge is 0.356 e. The van der Waals surface area contributed by atoms with Crippen LogP contribution in [0.15, 0.2) is 55.0 Å². The minimum Gasteiger partial charge on any atom is -0.356 e. The average Bonchev–Trinajstić information content (AvgIpc) is 3.53. The summed E-state index contributed by atoms with van der Waals surface area (Å²) in [5.41, 5.74) is 1.25. The van der Waals surface area contributed by atoms with E-state index in [1.807, 2.05) is 29.7 Å². The Labute approximate surface area is 237 Å². The van der Waals surface area contributed by atoms with E-state index in [0.29, 0.717) is 29.4 Å². The molecule has 1 amide bonds. The van der Waals surface area contributed by atoms with E-state index < -0.39 is 22.7 Å². The Hall–Kier alpha value is -3.35. The molecule has 0 saturated heterocycles. The first-order chi connectivity index (χ1) is 19.0. The molecular formula is C27H27ClF3N6O2S+. The molecule has 3 aromatic heterocycles. The summed E-state index contributed by atoms with van der Waals surface area (Å²) in [6, 6.07) is 8.59. The summed E-state index contributed by atoms with van der Waals surface area (Å²) >= 11 is 5.97. The van der Waals surface area contributed by atoms with Gasteiger partial charge >= 0.3 is 6.18 Å². The normalized spacial score (nSPS) is 15.7. The van der Waals surface area contributed by atoms with E-state index in [1.165, 1.54) is 17.0 Å². The van der Waals surface area contributed by atoms with Crippen LogP contribution in [0, 0.1) is 0 Å². The fraction of sp³-hybridized carbons (Fsp3) is 0.333. The van der Waals surface area contributed by atoms with Crippen molar-refractivity contribution >= 4 is 34.1 Å². The Balaban J connectivity index is 1.51. The molecule has 0 aliphatic carbocycles. The van der Waals surface area contributed by atoms with Crippen molar-refractivity contribution in [1.82, 2.24) is 24.3 Å². The molecule has 0 saturated carbocycles. The number of rotatable bonds is 8. The molecule has 0 unspecified atom stereocenters. The summed E-state index contributed by atoms with van der Waals surface area (Å²) in [4.78, 5) is 24.4. The van der Waals surface area contributed by atoms with Crippen LogP contribution in [0.2, 0.25) is 5.02 Å². The third-order valence-corrected chi connectivity index (χ3v) is 7.79. The van der Waals surface area contributed by atoms with Gasteiger partial charge in [-0.3, -0.25) is 14.5 Å². The van der Waals surface area contributed by atoms with Crippen LogP contribution in [0.4, 0.5) is 18.9 Å². The number of benzene rings is 1. The molecule has 4 aromatic rings. The number of aromatic nitrogens is 5. The van der Waals surface area contributed by atoms with E-state index >= 15 is 0 Å². The molecule has 1 aromatic carbocycles. The number of nitrogens with zero attached hydrogens (tertiary/aromatic N) is 6. The molecular weight excluding hydrogens is 565 g/mol. The molecule has 40 heavy (non-hydrogen) atoms. The van der Waals surface area contributed by atoms with Crippen molar-refractivity contribution in [2.24, 2.45) is 0 Å². The Morgan fingerprint density at radius 2 is 1.98 bits per heavy atom. The van der Waals surface area contributed by atoms with Gasteiger partial charge in [0, 0.05) is 24.6 Å². The first-order valence-electron chi connectivity index (χ1n) is 12.4. The minimum atomic E-state index is -4.59. The van der Waals surface area contributed by atoms with Gasteiger partial charge in [-0.25, -0.2) is 4.98 Å². The number of hydrogen-bond donors (Lipinski definition) is 0. The van der Waals surface area contributed by atoms with Crippen LogP contribution in [0.5, 0.6) is 0 Å². The van der Waals surface area contributed by atoms with Crippen molar-refractivity contribution in [3.05, 3.63) is 71.3 Å². The summed E-state index contributed by atoms with van der Waals surface area (Å²) in [5, 5.41) is 3.99. The van der Waals surface area contributed by atoms with Gasteiger partial charge in [-0.05, 0) is 48.2 Å². The maximum atomic E-state index is 13.8. The molecule has 0 N–H and O–H groups in total. The van der Waals surface area contributed by atoms with Crippen molar-refractivity contribution in [3.63, 3.8) is 0 Å². The van der Waals surface area contributed by atoms with Crippen LogP contribution in [0.1, 0.15) is 29.0 Å². The predicted molar refractivity (Wildman–Crippen MR) is 150 cm³/mol. The van der Waals surface area contributed by atoms with Crippen LogP contribution in [-0.2, 0) is 28.5 Å². The van der Waals surface area contributed by atoms with Gasteiger partial charge in [-0.1, -0.05) is 17.7 Å². The number of alkyl halides is 3. The third kappa shape index (κ3) is 5.61. The molecule has 5 rings (SSSR count). The Morgan fingerprint density at radius 1 is 1.18 bits per heavy atom. The van der Waals surface area contributed by atoms with Crippen molar-refractivity contribution in [2.45, 2.75) is 25.9 Å². The van der Waals surface area contributed by atoms with Crippen LogP contribution in [-0.4, -0.2) is 61.6 Å². The number of imidazole rings is 1. The maximum Gasteiger partial charge on any atom is 0.417 e. The lowest BCUT2D eigenvalue weighted by Crippen LogP contribution is -2.42. The highest BCUT2D eigenvalue weighted by atomic mass is 35.5. The third-order valence-electron chi connectivity index (χ3n) is 6.49. The largest absolute Gasteiger partial charge is 0.417 e. The van der Waals surface area contributed by atoms with Crippen molar-refractivity contribution in [3.8, 4) is 22.8 Å². The number of halogens is 4. The summed E-state index contributed by atoms with van der Waals surface area (Å²) in [7, 11) is 0.251. The second-order valence-electron chi connectivity index (χ2n) is 9.64. The number of amides is 1. The van der Waals surface area contributed by atoms with E-state index in [9.17, 15) is 18.0 Å². The van der Waals surface area contributed by atoms with Crippen LogP contribution >= 0.6 is 11.6 Å². The van der Waals surface area contributed by atoms with E-state index in [-0.39, 0.29) is 41.6 Å². The average molecular weight is 592 g/mol. The number of fused-ring (bicyclic) bond motifs is 1. The Bertz CT molecular complexity index is 1520. The van der Waals surface area contributed by atoms with Gasteiger partial charge in [0.05, 0.1) is 53.2 Å². The second-order valence-corrected chi connectivity index (χ2v) is 12.4. The topological polar surface area (TPSA) is 78.1 Å². The number of carbonyl (C=O) groups excluding carboxylic acids is 1. The van der Waals surface area contributed by atoms with Gasteiger partial charge in [0.2, 0.25) is 0 Å². The van der Waals surface area contributed by atoms with E-state index in [1.54, 1.807) is 23.3 Å². The maximum absolute atomic E-state index is 13.8. The summed E-state index contributed by atoms with van der Waals surface area (Å²) in [6.45, 7) is 2.94. The van der Waals surface area contributed by atoms with Crippen LogP contribution in [0.25, 0.3) is 22.8 Å². The highest BCUT2D eigenvalue weighted by Gasteiger charge is 2.37. The first kappa shape index (κ1) is 28.2. The number of carbonyl (C=O) groups is 1. The molecule has 8 nitrogen and oxygen atoms in total. The Morgan fingerprint density at radius 3 is 2.65 bits per heavy atom. The lowest BCUT2D eigenvalue weighted by Gasteiger charge is -2.32. The highest BCUT2D eigenvalue weighted by Crippen LogP contribution is 2.38. The second kappa shape index (κ2) is 11.3. The molecule has 1 atom stereocenters. The van der Waals surface area contributed by atoms with Gasteiger partial charge in [-0.2, -0.15) is 18.3 Å². The zero-order valence-corrected chi connectivity index (χ0v) is 23.6. The SMILES string of the molecule is C[C@H]1CN(c2ccc(C(F)(F)F)c(Cl)c2)C(=O)c2c(-c3cn(COCC[S+](C)C)c(-c4ccccn4)n3)cnn21. The molecule has 0 fully saturated rings. The highest BCUT2D eigenvalue weighted by molar-refractivity contribution is 7.95. The predicted octanol–water partition coefficient (Wildman–Crippen LogP) is 5.55. The van der Waals surface area contributed by atoms with Crippen molar-refractivity contribution in [2.75, 3.05) is 36.3 Å². The number of pyridine rings is 1. The molecule has 210 valence electrons. The van der Waals surface area contributed by atoms with Gasteiger partial charge in [-0.15, -0.1) is 0 Å². The number of ether oxygens (including phenoxy) is 1. The molecule has 0 bridgehead atoms. The number of hydrogen-bond acceptors (Lipinski definition) is 5.